The second kappa shape index (κ2) is 5.18. The van der Waals surface area contributed by atoms with Crippen molar-refractivity contribution in [2.45, 2.75) is 20.3 Å². The lowest BCUT2D eigenvalue weighted by Gasteiger charge is -2.00. The number of nitrogens with zero attached hydrogens (tertiary/aromatic N) is 2. The van der Waals surface area contributed by atoms with Gasteiger partial charge in [0.25, 0.3) is 0 Å². The minimum atomic E-state index is -0.241. The largest absolute Gasteiger partial charge is 0.294 e. The molecule has 0 spiro atoms. The van der Waals surface area contributed by atoms with Gasteiger partial charge in [-0.05, 0) is 19.9 Å². The van der Waals surface area contributed by atoms with Gasteiger partial charge < -0.3 is 0 Å². The van der Waals surface area contributed by atoms with E-state index in [-0.39, 0.29) is 18.0 Å². The first-order valence-electron chi connectivity index (χ1n) is 6.11. The number of hydrogen-bond donors (Lipinski definition) is 0. The molecule has 0 saturated heterocycles. The molecule has 1 heterocycles. The van der Waals surface area contributed by atoms with Crippen LogP contribution in [0.1, 0.15) is 38.5 Å². The molecule has 0 atom stereocenters. The summed E-state index contributed by atoms with van der Waals surface area (Å²) >= 11 is 0. The third-order valence-corrected chi connectivity index (χ3v) is 3.09. The Kier molecular flexibility index (Phi) is 3.60. The summed E-state index contributed by atoms with van der Waals surface area (Å²) in [4.78, 5) is 23.9. The van der Waals surface area contributed by atoms with Crippen LogP contribution in [0.3, 0.4) is 0 Å². The Morgan fingerprint density at radius 1 is 1.11 bits per heavy atom. The molecular formula is C15H16N2O2. The Bertz CT molecular complexity index is 605. The predicted octanol–water partition coefficient (Wildman–Crippen LogP) is 2.49. The summed E-state index contributed by atoms with van der Waals surface area (Å²) in [6, 6.07) is 8.92. The Morgan fingerprint density at radius 2 is 1.74 bits per heavy atom. The zero-order valence-electron chi connectivity index (χ0n) is 11.3. The molecule has 2 rings (SSSR count). The van der Waals surface area contributed by atoms with E-state index in [1.807, 2.05) is 26.0 Å². The number of benzene rings is 1. The molecular weight excluding hydrogens is 240 g/mol. The minimum Gasteiger partial charge on any atom is -0.294 e. The standard InChI is InChI=1S/C15H16N2O2/c1-10-4-6-12(7-5-10)14(18)9-15(19)13-8-11(2)17(3)16-13/h4-8H,9H2,1-3H3. The molecule has 1 aromatic heterocycles. The highest BCUT2D eigenvalue weighted by atomic mass is 16.1. The van der Waals surface area contributed by atoms with E-state index >= 15 is 0 Å². The summed E-state index contributed by atoms with van der Waals surface area (Å²) in [7, 11) is 1.77. The highest BCUT2D eigenvalue weighted by Gasteiger charge is 2.16. The fraction of sp³-hybridized carbons (Fsp3) is 0.267. The van der Waals surface area contributed by atoms with E-state index in [0.717, 1.165) is 11.3 Å². The quantitative estimate of drug-likeness (QED) is 0.624. The maximum absolute atomic E-state index is 12.0. The van der Waals surface area contributed by atoms with Crippen LogP contribution < -0.4 is 0 Å². The van der Waals surface area contributed by atoms with E-state index < -0.39 is 0 Å². The number of Topliss-reactive ketones (excluding diaryl/α,β-unsaturated/α-hetero) is 2. The Balaban J connectivity index is 2.10. The average Bonchev–Trinajstić information content (AvgIpc) is 2.70. The summed E-state index contributed by atoms with van der Waals surface area (Å²) in [6.07, 6.45) is -0.139. The number of ketones is 2. The van der Waals surface area contributed by atoms with Gasteiger partial charge in [-0.3, -0.25) is 14.3 Å². The zero-order valence-corrected chi connectivity index (χ0v) is 11.3. The van der Waals surface area contributed by atoms with Crippen LogP contribution in [0.4, 0.5) is 0 Å². The molecule has 0 aliphatic rings. The van der Waals surface area contributed by atoms with E-state index in [4.69, 9.17) is 0 Å². The third kappa shape index (κ3) is 2.96. The van der Waals surface area contributed by atoms with Gasteiger partial charge in [0.15, 0.2) is 11.6 Å². The van der Waals surface area contributed by atoms with Gasteiger partial charge in [0.2, 0.25) is 0 Å². The minimum absolute atomic E-state index is 0.139. The van der Waals surface area contributed by atoms with E-state index in [2.05, 4.69) is 5.10 Å². The monoisotopic (exact) mass is 256 g/mol. The van der Waals surface area contributed by atoms with Gasteiger partial charge in [0.05, 0.1) is 6.42 Å². The van der Waals surface area contributed by atoms with Crippen LogP contribution in [0.15, 0.2) is 30.3 Å². The zero-order chi connectivity index (χ0) is 14.0. The van der Waals surface area contributed by atoms with Crippen molar-refractivity contribution in [3.63, 3.8) is 0 Å². The summed E-state index contributed by atoms with van der Waals surface area (Å²) < 4.78 is 1.63. The predicted molar refractivity (Wildman–Crippen MR) is 72.4 cm³/mol. The van der Waals surface area contributed by atoms with E-state index in [9.17, 15) is 9.59 Å². The van der Waals surface area contributed by atoms with Crippen molar-refractivity contribution < 1.29 is 9.59 Å². The van der Waals surface area contributed by atoms with Crippen LogP contribution in [0.25, 0.3) is 0 Å². The normalized spacial score (nSPS) is 10.5. The maximum atomic E-state index is 12.0. The maximum Gasteiger partial charge on any atom is 0.190 e. The van der Waals surface area contributed by atoms with Gasteiger partial charge >= 0.3 is 0 Å². The van der Waals surface area contributed by atoms with E-state index in [1.165, 1.54) is 0 Å². The van der Waals surface area contributed by atoms with Crippen molar-refractivity contribution >= 4 is 11.6 Å². The number of aryl methyl sites for hydroxylation is 3. The van der Waals surface area contributed by atoms with Crippen molar-refractivity contribution in [2.75, 3.05) is 0 Å². The SMILES string of the molecule is Cc1ccc(C(=O)CC(=O)c2cc(C)n(C)n2)cc1. The van der Waals surface area contributed by atoms with Gasteiger partial charge in [-0.1, -0.05) is 29.8 Å². The van der Waals surface area contributed by atoms with Crippen molar-refractivity contribution in [2.24, 2.45) is 7.05 Å². The van der Waals surface area contributed by atoms with Crippen molar-refractivity contribution in [3.8, 4) is 0 Å². The van der Waals surface area contributed by atoms with Crippen LogP contribution in [0.2, 0.25) is 0 Å². The van der Waals surface area contributed by atoms with Crippen LogP contribution in [0.5, 0.6) is 0 Å². The Hall–Kier alpha value is -2.23. The fourth-order valence-corrected chi connectivity index (χ4v) is 1.77. The number of carbonyl (C=O) groups is 2. The highest BCUT2D eigenvalue weighted by molar-refractivity contribution is 6.12. The van der Waals surface area contributed by atoms with Crippen molar-refractivity contribution in [1.29, 1.82) is 0 Å². The van der Waals surface area contributed by atoms with Gasteiger partial charge in [-0.15, -0.1) is 0 Å². The molecule has 4 nitrogen and oxygen atoms in total. The number of aromatic nitrogens is 2. The van der Waals surface area contributed by atoms with Crippen LogP contribution in [-0.4, -0.2) is 21.3 Å². The van der Waals surface area contributed by atoms with Gasteiger partial charge in [0.1, 0.15) is 5.69 Å². The molecule has 0 saturated carbocycles. The Morgan fingerprint density at radius 3 is 2.26 bits per heavy atom. The van der Waals surface area contributed by atoms with Gasteiger partial charge in [-0.25, -0.2) is 0 Å². The molecule has 0 aliphatic carbocycles. The van der Waals surface area contributed by atoms with Crippen LogP contribution >= 0.6 is 0 Å². The smallest absolute Gasteiger partial charge is 0.190 e. The van der Waals surface area contributed by atoms with Crippen molar-refractivity contribution in [3.05, 3.63) is 52.8 Å². The molecule has 0 aliphatic heterocycles. The molecule has 0 unspecified atom stereocenters. The lowest BCUT2D eigenvalue weighted by Crippen LogP contribution is -2.09. The second-order valence-corrected chi connectivity index (χ2v) is 4.68. The summed E-state index contributed by atoms with van der Waals surface area (Å²) in [5.74, 6) is -0.414. The number of carbonyl (C=O) groups excluding carboxylic acids is 2. The molecule has 0 amide bonds. The van der Waals surface area contributed by atoms with Crippen LogP contribution in [-0.2, 0) is 7.05 Å². The van der Waals surface area contributed by atoms with Crippen LogP contribution in [0, 0.1) is 13.8 Å². The van der Waals surface area contributed by atoms with E-state index in [1.54, 1.807) is 29.9 Å². The second-order valence-electron chi connectivity index (χ2n) is 4.68. The summed E-state index contributed by atoms with van der Waals surface area (Å²) in [5, 5.41) is 4.09. The first kappa shape index (κ1) is 13.2. The molecule has 19 heavy (non-hydrogen) atoms. The summed E-state index contributed by atoms with van der Waals surface area (Å²) in [5.41, 5.74) is 2.89. The lowest BCUT2D eigenvalue weighted by molar-refractivity contribution is 0.0891. The average molecular weight is 256 g/mol. The number of rotatable bonds is 4. The van der Waals surface area contributed by atoms with Gasteiger partial charge in [0, 0.05) is 18.3 Å². The molecule has 0 N–H and O–H groups in total. The van der Waals surface area contributed by atoms with Gasteiger partial charge in [-0.2, -0.15) is 5.10 Å². The molecule has 4 heteroatoms. The molecule has 0 fully saturated rings. The third-order valence-electron chi connectivity index (χ3n) is 3.09. The molecule has 98 valence electrons. The Labute approximate surface area is 112 Å². The first-order valence-corrected chi connectivity index (χ1v) is 6.11. The first-order chi connectivity index (χ1) is 8.97. The fourth-order valence-electron chi connectivity index (χ4n) is 1.77. The topological polar surface area (TPSA) is 52.0 Å². The van der Waals surface area contributed by atoms with E-state index in [0.29, 0.717) is 11.3 Å². The molecule has 0 radical (unpaired) electrons. The van der Waals surface area contributed by atoms with Crippen molar-refractivity contribution in [1.82, 2.24) is 9.78 Å². The molecule has 0 bridgehead atoms. The summed E-state index contributed by atoms with van der Waals surface area (Å²) in [6.45, 7) is 3.82. The molecule has 1 aromatic carbocycles. The number of hydrogen-bond acceptors (Lipinski definition) is 3. The molecule has 2 aromatic rings. The highest BCUT2D eigenvalue weighted by Crippen LogP contribution is 2.10. The lowest BCUT2D eigenvalue weighted by atomic mass is 10.0.